The van der Waals surface area contributed by atoms with Crippen LogP contribution in [0.1, 0.15) is 15.9 Å². The van der Waals surface area contributed by atoms with Crippen molar-refractivity contribution < 1.29 is 27.1 Å². The number of benzene rings is 2. The number of para-hydroxylation sites is 1. The first-order valence-corrected chi connectivity index (χ1v) is 7.12. The highest BCUT2D eigenvalue weighted by atomic mass is 79.9. The van der Waals surface area contributed by atoms with Gasteiger partial charge in [0.2, 0.25) is 0 Å². The summed E-state index contributed by atoms with van der Waals surface area (Å²) >= 11 is 3.05. The average molecular weight is 392 g/mol. The number of alkyl halides is 3. The van der Waals surface area contributed by atoms with Crippen LogP contribution in [0, 0.1) is 5.82 Å². The summed E-state index contributed by atoms with van der Waals surface area (Å²) in [6.07, 6.45) is -4.82. The molecule has 1 N–H and O–H groups in total. The van der Waals surface area contributed by atoms with Gasteiger partial charge in [-0.25, -0.2) is 4.39 Å². The Labute approximate surface area is 137 Å². The summed E-state index contributed by atoms with van der Waals surface area (Å²) in [6.45, 7) is -0.172. The highest BCUT2D eigenvalue weighted by Crippen LogP contribution is 2.26. The summed E-state index contributed by atoms with van der Waals surface area (Å²) in [7, 11) is 0. The summed E-state index contributed by atoms with van der Waals surface area (Å²) in [4.78, 5) is 12.0. The van der Waals surface area contributed by atoms with Crippen molar-refractivity contribution >= 4 is 21.8 Å². The molecule has 0 heterocycles. The normalized spacial score (nSPS) is 11.2. The van der Waals surface area contributed by atoms with Gasteiger partial charge in [-0.05, 0) is 40.2 Å². The third-order valence-electron chi connectivity index (χ3n) is 2.81. The highest BCUT2D eigenvalue weighted by molar-refractivity contribution is 9.10. The van der Waals surface area contributed by atoms with Gasteiger partial charge in [-0.15, -0.1) is 13.2 Å². The van der Waals surface area contributed by atoms with Crippen molar-refractivity contribution in [2.24, 2.45) is 0 Å². The van der Waals surface area contributed by atoms with Gasteiger partial charge in [0.15, 0.2) is 0 Å². The molecule has 2 rings (SSSR count). The van der Waals surface area contributed by atoms with Gasteiger partial charge in [0.05, 0.1) is 5.56 Å². The van der Waals surface area contributed by atoms with Crippen molar-refractivity contribution in [1.29, 1.82) is 0 Å². The SMILES string of the molecule is O=C(NCc1ccccc1OC(F)(F)F)c1ccc(F)cc1Br. The first kappa shape index (κ1) is 17.3. The number of hydrogen-bond donors (Lipinski definition) is 1. The smallest absolute Gasteiger partial charge is 0.405 e. The molecular weight excluding hydrogens is 382 g/mol. The lowest BCUT2D eigenvalue weighted by Gasteiger charge is -2.14. The van der Waals surface area contributed by atoms with E-state index in [-0.39, 0.29) is 22.1 Å². The Balaban J connectivity index is 2.10. The fraction of sp³-hybridized carbons (Fsp3) is 0.133. The Bertz CT molecular complexity index is 719. The maximum atomic E-state index is 13.0. The maximum Gasteiger partial charge on any atom is 0.573 e. The predicted octanol–water partition coefficient (Wildman–Crippen LogP) is 4.42. The molecular formula is C15H10BrF4NO2. The standard InChI is InChI=1S/C15H10BrF4NO2/c16-12-7-10(17)5-6-11(12)14(22)21-8-9-3-1-2-4-13(9)23-15(18,19)20/h1-7H,8H2,(H,21,22). The second-order valence-electron chi connectivity index (χ2n) is 4.46. The Morgan fingerprint density at radius 3 is 2.52 bits per heavy atom. The minimum Gasteiger partial charge on any atom is -0.405 e. The Morgan fingerprint density at radius 1 is 1.17 bits per heavy atom. The van der Waals surface area contributed by atoms with Crippen molar-refractivity contribution in [3.63, 3.8) is 0 Å². The quantitative estimate of drug-likeness (QED) is 0.783. The van der Waals surface area contributed by atoms with E-state index in [9.17, 15) is 22.4 Å². The van der Waals surface area contributed by atoms with Crippen LogP contribution in [0.3, 0.4) is 0 Å². The predicted molar refractivity (Wildman–Crippen MR) is 78.4 cm³/mol. The summed E-state index contributed by atoms with van der Waals surface area (Å²) in [6, 6.07) is 8.98. The summed E-state index contributed by atoms with van der Waals surface area (Å²) in [5.74, 6) is -1.46. The zero-order valence-electron chi connectivity index (χ0n) is 11.5. The fourth-order valence-electron chi connectivity index (χ4n) is 1.82. The van der Waals surface area contributed by atoms with Crippen molar-refractivity contribution in [3.05, 3.63) is 63.9 Å². The first-order chi connectivity index (χ1) is 10.8. The lowest BCUT2D eigenvalue weighted by molar-refractivity contribution is -0.274. The molecule has 0 saturated carbocycles. The average Bonchev–Trinajstić information content (AvgIpc) is 2.44. The Morgan fingerprint density at radius 2 is 1.87 bits per heavy atom. The number of ether oxygens (including phenoxy) is 1. The molecule has 0 aliphatic carbocycles. The van der Waals surface area contributed by atoms with E-state index in [2.05, 4.69) is 26.0 Å². The van der Waals surface area contributed by atoms with Crippen LogP contribution in [0.5, 0.6) is 5.75 Å². The molecule has 0 unspecified atom stereocenters. The van der Waals surface area contributed by atoms with E-state index < -0.39 is 23.8 Å². The van der Waals surface area contributed by atoms with Crippen molar-refractivity contribution in [1.82, 2.24) is 5.32 Å². The molecule has 0 spiro atoms. The molecule has 2 aromatic carbocycles. The number of rotatable bonds is 4. The second-order valence-corrected chi connectivity index (χ2v) is 5.32. The molecule has 0 saturated heterocycles. The summed E-state index contributed by atoms with van der Waals surface area (Å²) in [5, 5.41) is 2.46. The molecule has 8 heteroatoms. The third-order valence-corrected chi connectivity index (χ3v) is 3.47. The van der Waals surface area contributed by atoms with E-state index in [1.54, 1.807) is 0 Å². The van der Waals surface area contributed by atoms with Crippen molar-refractivity contribution in [2.75, 3.05) is 0 Å². The van der Waals surface area contributed by atoms with Crippen LogP contribution in [0.4, 0.5) is 17.6 Å². The number of hydrogen-bond acceptors (Lipinski definition) is 2. The van der Waals surface area contributed by atoms with Gasteiger partial charge in [0.1, 0.15) is 11.6 Å². The van der Waals surface area contributed by atoms with Crippen LogP contribution in [0.25, 0.3) is 0 Å². The van der Waals surface area contributed by atoms with E-state index in [0.29, 0.717) is 0 Å². The maximum absolute atomic E-state index is 13.0. The van der Waals surface area contributed by atoms with Crippen LogP contribution in [-0.4, -0.2) is 12.3 Å². The Hall–Kier alpha value is -2.09. The van der Waals surface area contributed by atoms with Gasteiger partial charge in [-0.1, -0.05) is 18.2 Å². The molecule has 0 fully saturated rings. The molecule has 3 nitrogen and oxygen atoms in total. The van der Waals surface area contributed by atoms with E-state index in [1.165, 1.54) is 24.3 Å². The zero-order valence-corrected chi connectivity index (χ0v) is 13.0. The van der Waals surface area contributed by atoms with Crippen LogP contribution in [0.2, 0.25) is 0 Å². The largest absolute Gasteiger partial charge is 0.573 e. The van der Waals surface area contributed by atoms with Gasteiger partial charge < -0.3 is 10.1 Å². The first-order valence-electron chi connectivity index (χ1n) is 6.33. The third kappa shape index (κ3) is 4.95. The van der Waals surface area contributed by atoms with Crippen molar-refractivity contribution in [3.8, 4) is 5.75 Å². The number of nitrogens with one attached hydrogen (secondary N) is 1. The van der Waals surface area contributed by atoms with E-state index >= 15 is 0 Å². The van der Waals surface area contributed by atoms with E-state index in [0.717, 1.165) is 18.2 Å². The van der Waals surface area contributed by atoms with Gasteiger partial charge in [-0.3, -0.25) is 4.79 Å². The lowest BCUT2D eigenvalue weighted by Crippen LogP contribution is -2.24. The summed E-state index contributed by atoms with van der Waals surface area (Å²) < 4.78 is 54.1. The van der Waals surface area contributed by atoms with Crippen LogP contribution >= 0.6 is 15.9 Å². The second kappa shape index (κ2) is 6.99. The van der Waals surface area contributed by atoms with E-state index in [1.807, 2.05) is 0 Å². The molecule has 2 aromatic rings. The fourth-order valence-corrected chi connectivity index (χ4v) is 2.35. The van der Waals surface area contributed by atoms with E-state index in [4.69, 9.17) is 0 Å². The van der Waals surface area contributed by atoms with Crippen LogP contribution in [-0.2, 0) is 6.54 Å². The van der Waals surface area contributed by atoms with Gasteiger partial charge in [-0.2, -0.15) is 0 Å². The number of halogens is 5. The highest BCUT2D eigenvalue weighted by Gasteiger charge is 2.32. The molecule has 122 valence electrons. The Kier molecular flexibility index (Phi) is 5.25. The summed E-state index contributed by atoms with van der Waals surface area (Å²) in [5.41, 5.74) is 0.331. The molecule has 1 amide bonds. The minimum atomic E-state index is -4.82. The van der Waals surface area contributed by atoms with Crippen LogP contribution < -0.4 is 10.1 Å². The minimum absolute atomic E-state index is 0.163. The molecule has 0 atom stereocenters. The zero-order chi connectivity index (χ0) is 17.0. The molecule has 0 bridgehead atoms. The molecule has 0 aliphatic heterocycles. The topological polar surface area (TPSA) is 38.3 Å². The molecule has 0 aliphatic rings. The molecule has 0 radical (unpaired) electrons. The van der Waals surface area contributed by atoms with Gasteiger partial charge >= 0.3 is 6.36 Å². The number of amides is 1. The monoisotopic (exact) mass is 391 g/mol. The van der Waals surface area contributed by atoms with Gasteiger partial charge in [0, 0.05) is 16.6 Å². The van der Waals surface area contributed by atoms with Crippen LogP contribution in [0.15, 0.2) is 46.9 Å². The number of carbonyl (C=O) groups excluding carboxylic acids is 1. The lowest BCUT2D eigenvalue weighted by atomic mass is 10.1. The molecule has 0 aromatic heterocycles. The number of carbonyl (C=O) groups is 1. The van der Waals surface area contributed by atoms with Crippen molar-refractivity contribution in [2.45, 2.75) is 12.9 Å². The van der Waals surface area contributed by atoms with Gasteiger partial charge in [0.25, 0.3) is 5.91 Å². The molecule has 23 heavy (non-hydrogen) atoms.